The Morgan fingerprint density at radius 1 is 1.02 bits per heavy atom. The molecule has 0 aliphatic carbocycles. The molecule has 3 atom stereocenters. The zero-order valence-electron chi connectivity index (χ0n) is 22.6. The fourth-order valence-corrected chi connectivity index (χ4v) is 8.51. The number of carbonyl (C=O) groups excluding carboxylic acids is 4. The van der Waals surface area contributed by atoms with Gasteiger partial charge in [-0.1, -0.05) is 48.5 Å². The van der Waals surface area contributed by atoms with Crippen molar-refractivity contribution in [1.82, 2.24) is 10.2 Å². The lowest BCUT2D eigenvalue weighted by Crippen LogP contribution is -2.70. The van der Waals surface area contributed by atoms with E-state index in [1.54, 1.807) is 50.5 Å². The monoisotopic (exact) mass is 594 g/mol. The van der Waals surface area contributed by atoms with Crippen LogP contribution in [0.15, 0.2) is 87.7 Å². The smallest absolute Gasteiger partial charge is 0.356 e. The summed E-state index contributed by atoms with van der Waals surface area (Å²) < 4.78 is 16.1. The fourth-order valence-electron chi connectivity index (χ4n) is 4.71. The highest BCUT2D eigenvalue weighted by Gasteiger charge is 2.55. The van der Waals surface area contributed by atoms with Crippen LogP contribution in [0.4, 0.5) is 0 Å². The number of thioether (sulfide) groups is 1. The van der Waals surface area contributed by atoms with E-state index < -0.39 is 40.2 Å². The van der Waals surface area contributed by atoms with Crippen molar-refractivity contribution in [1.29, 1.82) is 0 Å². The van der Waals surface area contributed by atoms with Gasteiger partial charge in [-0.05, 0) is 41.7 Å². The van der Waals surface area contributed by atoms with E-state index in [-0.39, 0.29) is 31.2 Å². The lowest BCUT2D eigenvalue weighted by atomic mass is 10.0. The van der Waals surface area contributed by atoms with Crippen molar-refractivity contribution in [3.8, 4) is 5.75 Å². The Balaban J connectivity index is 1.38. The number of fused-ring (bicyclic) bond motifs is 1. The Hall–Kier alpha value is -3.96. The van der Waals surface area contributed by atoms with Gasteiger partial charge in [0.15, 0.2) is 0 Å². The number of β-lactam (4-membered cyclic amide) rings is 1. The minimum Gasteiger partial charge on any atom is -0.497 e. The van der Waals surface area contributed by atoms with Crippen LogP contribution in [0.25, 0.3) is 0 Å². The highest BCUT2D eigenvalue weighted by atomic mass is 32.2. The van der Waals surface area contributed by atoms with Gasteiger partial charge >= 0.3 is 11.9 Å². The molecule has 214 valence electrons. The number of amides is 2. The van der Waals surface area contributed by atoms with E-state index in [1.807, 2.05) is 35.7 Å². The number of methoxy groups -OCH3 is 1. The number of hydrogen-bond donors (Lipinski definition) is 2. The number of carbonyl (C=O) groups is 4. The first-order chi connectivity index (χ1) is 19.9. The molecule has 0 radical (unpaired) electrons. The van der Waals surface area contributed by atoms with Crippen LogP contribution in [0, 0.1) is 0 Å². The number of hydrogen-bond acceptors (Lipinski definition) is 8. The molecule has 5 rings (SSSR count). The number of thiol groups is 1. The predicted molar refractivity (Wildman–Crippen MR) is 158 cm³/mol. The van der Waals surface area contributed by atoms with Gasteiger partial charge in [-0.2, -0.15) is 10.9 Å². The van der Waals surface area contributed by atoms with Crippen LogP contribution in [0.1, 0.15) is 18.1 Å². The van der Waals surface area contributed by atoms with Crippen LogP contribution in [0.2, 0.25) is 0 Å². The predicted octanol–water partition coefficient (Wildman–Crippen LogP) is 3.57. The number of benzene rings is 2. The van der Waals surface area contributed by atoms with Gasteiger partial charge in [0.05, 0.1) is 25.0 Å². The molecule has 3 aliphatic rings. The summed E-state index contributed by atoms with van der Waals surface area (Å²) in [5.74, 6) is -0.706. The highest BCUT2D eigenvalue weighted by Crippen LogP contribution is 2.55. The number of allylic oxidation sites excluding steroid dienone is 2. The molecule has 1 fully saturated rings. The molecular formula is C30H30N2O7S2. The SMILES string of the molecule is CCOC(=O)C1=CC=C[SH]1C1=C(C(=O)OCc2ccc(OC)cc2)N2C(=O)C(NC(=O)Cc3ccccc3)C2SC1. The van der Waals surface area contributed by atoms with Crippen LogP contribution < -0.4 is 10.1 Å². The first-order valence-corrected chi connectivity index (χ1v) is 15.5. The summed E-state index contributed by atoms with van der Waals surface area (Å²) in [6, 6.07) is 15.6. The van der Waals surface area contributed by atoms with Crippen molar-refractivity contribution in [2.24, 2.45) is 0 Å². The van der Waals surface area contributed by atoms with Crippen LogP contribution in [-0.2, 0) is 41.7 Å². The Morgan fingerprint density at radius 2 is 1.78 bits per heavy atom. The van der Waals surface area contributed by atoms with Crippen molar-refractivity contribution < 1.29 is 33.4 Å². The second kappa shape index (κ2) is 12.7. The summed E-state index contributed by atoms with van der Waals surface area (Å²) in [5, 5.41) is 4.24. The number of nitrogens with one attached hydrogen (secondary N) is 1. The largest absolute Gasteiger partial charge is 0.497 e. The Kier molecular flexibility index (Phi) is 8.84. The Bertz CT molecular complexity index is 1440. The summed E-state index contributed by atoms with van der Waals surface area (Å²) >= 11 is 1.45. The summed E-state index contributed by atoms with van der Waals surface area (Å²) in [4.78, 5) is 55.0. The third kappa shape index (κ3) is 6.06. The molecule has 3 aliphatic heterocycles. The van der Waals surface area contributed by atoms with Gasteiger partial charge in [0, 0.05) is 10.7 Å². The maximum absolute atomic E-state index is 13.6. The third-order valence-corrected chi connectivity index (χ3v) is 10.5. The lowest BCUT2D eigenvalue weighted by molar-refractivity contribution is -0.153. The summed E-state index contributed by atoms with van der Waals surface area (Å²) in [7, 11) is 0.220. The van der Waals surface area contributed by atoms with E-state index in [0.717, 1.165) is 11.1 Å². The Morgan fingerprint density at radius 3 is 2.49 bits per heavy atom. The topological polar surface area (TPSA) is 111 Å². The van der Waals surface area contributed by atoms with E-state index in [1.165, 1.54) is 16.7 Å². The third-order valence-electron chi connectivity index (χ3n) is 6.72. The van der Waals surface area contributed by atoms with Crippen LogP contribution in [-0.4, -0.2) is 59.5 Å². The minimum atomic E-state index is -1.35. The number of esters is 2. The average Bonchev–Trinajstić information content (AvgIpc) is 3.49. The van der Waals surface area contributed by atoms with Crippen molar-refractivity contribution in [2.75, 3.05) is 19.5 Å². The summed E-state index contributed by atoms with van der Waals surface area (Å²) in [5.41, 5.74) is 1.72. The molecule has 1 N–H and O–H groups in total. The molecule has 3 heterocycles. The van der Waals surface area contributed by atoms with Crippen LogP contribution in [0.5, 0.6) is 5.75 Å². The molecule has 0 saturated carbocycles. The van der Waals surface area contributed by atoms with Gasteiger partial charge in [-0.25, -0.2) is 9.59 Å². The molecule has 0 aromatic heterocycles. The summed E-state index contributed by atoms with van der Waals surface area (Å²) in [6.07, 6.45) is 3.61. The number of nitrogens with zero attached hydrogens (tertiary/aromatic N) is 1. The molecule has 2 aromatic rings. The van der Waals surface area contributed by atoms with Crippen LogP contribution in [0.3, 0.4) is 0 Å². The Labute approximate surface area is 244 Å². The van der Waals surface area contributed by atoms with Gasteiger partial charge in [-0.15, -0.1) is 11.8 Å². The van der Waals surface area contributed by atoms with Gasteiger partial charge in [-0.3, -0.25) is 14.5 Å². The first kappa shape index (κ1) is 28.6. The van der Waals surface area contributed by atoms with Crippen molar-refractivity contribution in [2.45, 2.75) is 31.4 Å². The molecule has 0 spiro atoms. The minimum absolute atomic E-state index is 0.00890. The van der Waals surface area contributed by atoms with Gasteiger partial charge in [0.25, 0.3) is 5.91 Å². The maximum Gasteiger partial charge on any atom is 0.356 e. The molecule has 9 nitrogen and oxygen atoms in total. The zero-order chi connectivity index (χ0) is 28.9. The summed E-state index contributed by atoms with van der Waals surface area (Å²) in [6.45, 7) is 1.95. The zero-order valence-corrected chi connectivity index (χ0v) is 24.3. The van der Waals surface area contributed by atoms with E-state index in [9.17, 15) is 19.2 Å². The first-order valence-electron chi connectivity index (χ1n) is 13.1. The second-order valence-electron chi connectivity index (χ2n) is 9.32. The van der Waals surface area contributed by atoms with Gasteiger partial charge in [0.2, 0.25) is 5.91 Å². The normalized spacial score (nSPS) is 21.9. The van der Waals surface area contributed by atoms with E-state index in [2.05, 4.69) is 5.32 Å². The molecule has 11 heteroatoms. The molecule has 41 heavy (non-hydrogen) atoms. The van der Waals surface area contributed by atoms with E-state index in [4.69, 9.17) is 14.2 Å². The van der Waals surface area contributed by atoms with Gasteiger partial charge in [0.1, 0.15) is 29.5 Å². The standard InChI is InChI=1S/C30H30N2O7S2/c1-3-38-29(35)22-10-7-15-41(22)23-18-40-28-25(31-24(33)16-19-8-5-4-6-9-19)27(34)32(28)26(23)30(36)39-17-20-11-13-21(37-2)14-12-20/h4-15,25,28,41H,3,16-18H2,1-2H3,(H,31,33). The fraction of sp³-hybridized carbons (Fsp3) is 0.267. The maximum atomic E-state index is 13.6. The molecule has 1 saturated heterocycles. The van der Waals surface area contributed by atoms with E-state index >= 15 is 0 Å². The second-order valence-corrected chi connectivity index (χ2v) is 12.5. The lowest BCUT2D eigenvalue weighted by Gasteiger charge is -2.50. The van der Waals surface area contributed by atoms with Crippen molar-refractivity contribution in [3.63, 3.8) is 0 Å². The van der Waals surface area contributed by atoms with E-state index in [0.29, 0.717) is 21.3 Å². The molecule has 0 bridgehead atoms. The molecule has 2 aromatic carbocycles. The number of rotatable bonds is 10. The highest BCUT2D eigenvalue weighted by molar-refractivity contribution is 8.27. The molecule has 3 unspecified atom stereocenters. The van der Waals surface area contributed by atoms with Gasteiger partial charge < -0.3 is 19.5 Å². The van der Waals surface area contributed by atoms with Crippen molar-refractivity contribution >= 4 is 46.4 Å². The quantitative estimate of drug-likeness (QED) is 0.244. The average molecular weight is 595 g/mol. The molecule has 2 amide bonds. The van der Waals surface area contributed by atoms with Crippen LogP contribution >= 0.6 is 22.7 Å². The molecular weight excluding hydrogens is 564 g/mol. The number of ether oxygens (including phenoxy) is 3. The van der Waals surface area contributed by atoms with Crippen molar-refractivity contribution in [3.05, 3.63) is 98.8 Å².